The second-order valence-corrected chi connectivity index (χ2v) is 11.7. The molecular weight excluding hydrogens is 538 g/mol. The summed E-state index contributed by atoms with van der Waals surface area (Å²) in [6, 6.07) is 18.9. The molecule has 39 heavy (non-hydrogen) atoms. The van der Waals surface area contributed by atoms with Gasteiger partial charge in [0.15, 0.2) is 0 Å². The zero-order chi connectivity index (χ0) is 28.7. The zero-order valence-corrected chi connectivity index (χ0v) is 24.3. The van der Waals surface area contributed by atoms with Crippen molar-refractivity contribution in [2.45, 2.75) is 51.2 Å². The summed E-state index contributed by atoms with van der Waals surface area (Å²) in [7, 11) is -2.72. The van der Waals surface area contributed by atoms with E-state index in [0.29, 0.717) is 5.75 Å². The van der Waals surface area contributed by atoms with Crippen molar-refractivity contribution in [2.24, 2.45) is 0 Å². The van der Waals surface area contributed by atoms with Crippen molar-refractivity contribution in [1.29, 1.82) is 0 Å². The van der Waals surface area contributed by atoms with Crippen LogP contribution in [0.25, 0.3) is 0 Å². The maximum Gasteiger partial charge on any atom is 0.264 e. The number of rotatable bonds is 11. The number of hydrogen-bond donors (Lipinski definition) is 1. The van der Waals surface area contributed by atoms with Gasteiger partial charge in [0, 0.05) is 12.6 Å². The molecule has 0 fully saturated rings. The average Bonchev–Trinajstić information content (AvgIpc) is 2.90. The Morgan fingerprint density at radius 2 is 1.62 bits per heavy atom. The second kappa shape index (κ2) is 13.0. The number of aryl methyl sites for hydroxylation is 1. The lowest BCUT2D eigenvalue weighted by Gasteiger charge is -2.32. The summed E-state index contributed by atoms with van der Waals surface area (Å²) in [6.07, 6.45) is 0. The Morgan fingerprint density at radius 3 is 2.21 bits per heavy atom. The molecule has 0 spiro atoms. The molecule has 10 heteroatoms. The largest absolute Gasteiger partial charge is 0.495 e. The van der Waals surface area contributed by atoms with Gasteiger partial charge >= 0.3 is 0 Å². The Balaban J connectivity index is 2.07. The van der Waals surface area contributed by atoms with Crippen LogP contribution in [-0.2, 0) is 26.2 Å². The highest BCUT2D eigenvalue weighted by Gasteiger charge is 2.33. The fourth-order valence-electron chi connectivity index (χ4n) is 4.02. The first kappa shape index (κ1) is 30.0. The Morgan fingerprint density at radius 1 is 0.974 bits per heavy atom. The normalized spacial score (nSPS) is 12.1. The number of anilines is 1. The van der Waals surface area contributed by atoms with Crippen LogP contribution in [0.1, 0.15) is 31.9 Å². The molecular formula is C29H34ClN3O5S. The predicted molar refractivity (Wildman–Crippen MR) is 153 cm³/mol. The summed E-state index contributed by atoms with van der Waals surface area (Å²) in [4.78, 5) is 28.4. The maximum atomic E-state index is 13.9. The van der Waals surface area contributed by atoms with Crippen LogP contribution < -0.4 is 14.4 Å². The van der Waals surface area contributed by atoms with Gasteiger partial charge in [0.25, 0.3) is 10.0 Å². The third kappa shape index (κ3) is 7.30. The number of halogens is 1. The van der Waals surface area contributed by atoms with Crippen LogP contribution in [0.15, 0.2) is 77.7 Å². The van der Waals surface area contributed by atoms with E-state index in [1.807, 2.05) is 45.0 Å². The molecule has 0 saturated carbocycles. The number of ether oxygens (including phenoxy) is 1. The van der Waals surface area contributed by atoms with Crippen molar-refractivity contribution in [1.82, 2.24) is 10.2 Å². The minimum atomic E-state index is -4.18. The molecule has 2 amide bonds. The van der Waals surface area contributed by atoms with E-state index in [-0.39, 0.29) is 34.1 Å². The lowest BCUT2D eigenvalue weighted by atomic mass is 10.1. The first-order valence-corrected chi connectivity index (χ1v) is 14.3. The number of nitrogens with zero attached hydrogens (tertiary/aromatic N) is 2. The molecule has 208 valence electrons. The molecule has 3 aromatic rings. The first-order valence-electron chi connectivity index (χ1n) is 12.5. The lowest BCUT2D eigenvalue weighted by molar-refractivity contribution is -0.139. The van der Waals surface area contributed by atoms with Crippen LogP contribution >= 0.6 is 11.6 Å². The highest BCUT2D eigenvalue weighted by Crippen LogP contribution is 2.32. The van der Waals surface area contributed by atoms with E-state index in [9.17, 15) is 18.0 Å². The van der Waals surface area contributed by atoms with Crippen LogP contribution in [0.5, 0.6) is 5.75 Å². The third-order valence-electron chi connectivity index (χ3n) is 6.23. The number of nitrogens with one attached hydrogen (secondary N) is 1. The standard InChI is InChI=1S/C29H34ClN3O5S/c1-20(2)31-29(35)22(4)32(18-23-12-10-9-11-21(23)3)28(34)19-33(24-15-16-27(38-5)26(30)17-24)39(36,37)25-13-7-6-8-14-25/h6-17,20,22H,18-19H2,1-5H3,(H,31,35)/t22-/m1/s1. The number of carbonyl (C=O) groups excluding carboxylic acids is 2. The monoisotopic (exact) mass is 571 g/mol. The van der Waals surface area contributed by atoms with Gasteiger partial charge < -0.3 is 15.0 Å². The molecule has 0 bridgehead atoms. The number of sulfonamides is 1. The topological polar surface area (TPSA) is 96.0 Å². The van der Waals surface area contributed by atoms with Crippen LogP contribution in [0.4, 0.5) is 5.69 Å². The van der Waals surface area contributed by atoms with E-state index in [0.717, 1.165) is 15.4 Å². The van der Waals surface area contributed by atoms with E-state index in [4.69, 9.17) is 16.3 Å². The van der Waals surface area contributed by atoms with Gasteiger partial charge in [-0.3, -0.25) is 13.9 Å². The molecule has 0 aliphatic carbocycles. The molecule has 0 aliphatic heterocycles. The van der Waals surface area contributed by atoms with Gasteiger partial charge in [0.1, 0.15) is 18.3 Å². The highest BCUT2D eigenvalue weighted by atomic mass is 35.5. The number of methoxy groups -OCH3 is 1. The molecule has 1 N–H and O–H groups in total. The van der Waals surface area contributed by atoms with E-state index >= 15 is 0 Å². The molecule has 8 nitrogen and oxygen atoms in total. The molecule has 0 aliphatic rings. The summed E-state index contributed by atoms with van der Waals surface area (Å²) < 4.78 is 33.9. The van der Waals surface area contributed by atoms with Gasteiger partial charge in [-0.15, -0.1) is 0 Å². The number of hydrogen-bond acceptors (Lipinski definition) is 5. The van der Waals surface area contributed by atoms with Gasteiger partial charge in [-0.25, -0.2) is 8.42 Å². The number of benzene rings is 3. The van der Waals surface area contributed by atoms with Crippen LogP contribution in [0.2, 0.25) is 5.02 Å². The second-order valence-electron chi connectivity index (χ2n) is 9.43. The van der Waals surface area contributed by atoms with Crippen molar-refractivity contribution in [3.63, 3.8) is 0 Å². The first-order chi connectivity index (χ1) is 18.4. The zero-order valence-electron chi connectivity index (χ0n) is 22.7. The summed E-state index contributed by atoms with van der Waals surface area (Å²) in [5.74, 6) is -0.517. The van der Waals surface area contributed by atoms with Gasteiger partial charge in [0.05, 0.1) is 22.7 Å². The van der Waals surface area contributed by atoms with Crippen molar-refractivity contribution in [2.75, 3.05) is 18.0 Å². The molecule has 3 aromatic carbocycles. The quantitative estimate of drug-likeness (QED) is 0.357. The molecule has 3 rings (SSSR count). The van der Waals surface area contributed by atoms with Gasteiger partial charge in [0.2, 0.25) is 11.8 Å². The maximum absolute atomic E-state index is 13.9. The molecule has 0 unspecified atom stereocenters. The van der Waals surface area contributed by atoms with Crippen LogP contribution in [0.3, 0.4) is 0 Å². The fourth-order valence-corrected chi connectivity index (χ4v) is 5.70. The van der Waals surface area contributed by atoms with Gasteiger partial charge in [-0.2, -0.15) is 0 Å². The Bertz CT molecular complexity index is 1410. The summed E-state index contributed by atoms with van der Waals surface area (Å²) in [6.45, 7) is 6.79. The summed E-state index contributed by atoms with van der Waals surface area (Å²) >= 11 is 6.34. The highest BCUT2D eigenvalue weighted by molar-refractivity contribution is 7.92. The van der Waals surface area contributed by atoms with E-state index in [1.165, 1.54) is 36.3 Å². The average molecular weight is 572 g/mol. The minimum Gasteiger partial charge on any atom is -0.495 e. The summed E-state index contributed by atoms with van der Waals surface area (Å²) in [5, 5.41) is 3.04. The summed E-state index contributed by atoms with van der Waals surface area (Å²) in [5.41, 5.74) is 1.98. The smallest absolute Gasteiger partial charge is 0.264 e. The Labute approximate surface area is 235 Å². The molecule has 0 heterocycles. The Kier molecular flexibility index (Phi) is 9.99. The molecule has 0 aromatic heterocycles. The number of amides is 2. The Hall–Kier alpha value is -3.56. The molecule has 0 radical (unpaired) electrons. The predicted octanol–water partition coefficient (Wildman–Crippen LogP) is 4.79. The van der Waals surface area contributed by atoms with Gasteiger partial charge in [-0.05, 0) is 69.2 Å². The fraction of sp³-hybridized carbons (Fsp3) is 0.310. The third-order valence-corrected chi connectivity index (χ3v) is 8.32. The van der Waals surface area contributed by atoms with E-state index in [1.54, 1.807) is 31.2 Å². The van der Waals surface area contributed by atoms with Crippen LogP contribution in [-0.4, -0.2) is 50.9 Å². The molecule has 0 saturated heterocycles. The molecule has 1 atom stereocenters. The van der Waals surface area contributed by atoms with E-state index < -0.39 is 28.5 Å². The lowest BCUT2D eigenvalue weighted by Crippen LogP contribution is -2.52. The minimum absolute atomic E-state index is 0.0146. The van der Waals surface area contributed by atoms with Crippen LogP contribution in [0, 0.1) is 6.92 Å². The van der Waals surface area contributed by atoms with Gasteiger partial charge in [-0.1, -0.05) is 54.1 Å². The van der Waals surface area contributed by atoms with Crippen molar-refractivity contribution >= 4 is 39.1 Å². The van der Waals surface area contributed by atoms with E-state index in [2.05, 4.69) is 5.32 Å². The van der Waals surface area contributed by atoms with Crippen molar-refractivity contribution in [3.05, 3.63) is 88.9 Å². The number of carbonyl (C=O) groups is 2. The SMILES string of the molecule is COc1ccc(N(CC(=O)N(Cc2ccccc2C)[C@H](C)C(=O)NC(C)C)S(=O)(=O)c2ccccc2)cc1Cl. The van der Waals surface area contributed by atoms with Crippen molar-refractivity contribution in [3.8, 4) is 5.75 Å². The van der Waals surface area contributed by atoms with Crippen molar-refractivity contribution < 1.29 is 22.7 Å².